The predicted octanol–water partition coefficient (Wildman–Crippen LogP) is 3.37. The van der Waals surface area contributed by atoms with Crippen molar-refractivity contribution in [1.29, 1.82) is 0 Å². The fourth-order valence-electron chi connectivity index (χ4n) is 5.36. The first kappa shape index (κ1) is 22.7. The van der Waals surface area contributed by atoms with Crippen LogP contribution in [0.4, 0.5) is 0 Å². The summed E-state index contributed by atoms with van der Waals surface area (Å²) in [5.41, 5.74) is 0.545. The van der Waals surface area contributed by atoms with E-state index in [0.29, 0.717) is 52.2 Å². The van der Waals surface area contributed by atoms with Crippen molar-refractivity contribution in [3.63, 3.8) is 0 Å². The second-order valence-electron chi connectivity index (χ2n) is 9.27. The summed E-state index contributed by atoms with van der Waals surface area (Å²) in [6.07, 6.45) is 3.03. The minimum absolute atomic E-state index is 0.000121. The van der Waals surface area contributed by atoms with Crippen LogP contribution in [-0.2, 0) is 24.5 Å². The fourth-order valence-corrected chi connectivity index (χ4v) is 5.63. The van der Waals surface area contributed by atoms with Crippen LogP contribution in [0.25, 0.3) is 0 Å². The monoisotopic (exact) mass is 492 g/mol. The number of amides is 2. The summed E-state index contributed by atoms with van der Waals surface area (Å²) in [4.78, 5) is 30.8. The van der Waals surface area contributed by atoms with Crippen molar-refractivity contribution in [3.8, 4) is 0 Å². The third-order valence-electron chi connectivity index (χ3n) is 7.02. The lowest BCUT2D eigenvalue weighted by atomic mass is 9.72. The molecule has 3 heterocycles. The topological polar surface area (TPSA) is 59.1 Å². The Bertz CT molecular complexity index is 775. The lowest BCUT2D eigenvalue weighted by Gasteiger charge is -2.43. The molecule has 2 unspecified atom stereocenters. The van der Waals surface area contributed by atoms with Gasteiger partial charge >= 0.3 is 0 Å². The van der Waals surface area contributed by atoms with Crippen LogP contribution in [0.15, 0.2) is 28.7 Å². The van der Waals surface area contributed by atoms with Gasteiger partial charge in [-0.05, 0) is 57.2 Å². The number of morpholine rings is 1. The van der Waals surface area contributed by atoms with E-state index in [1.54, 1.807) is 0 Å². The van der Waals surface area contributed by atoms with Crippen LogP contribution in [0.2, 0.25) is 0 Å². The number of benzene rings is 1. The van der Waals surface area contributed by atoms with Gasteiger partial charge in [0.25, 0.3) is 0 Å². The van der Waals surface area contributed by atoms with Gasteiger partial charge in [-0.2, -0.15) is 0 Å². The number of piperidine rings is 1. The molecular weight excluding hydrogens is 460 g/mol. The van der Waals surface area contributed by atoms with Crippen LogP contribution in [0, 0.1) is 5.92 Å². The number of ether oxygens (including phenoxy) is 2. The molecule has 0 aliphatic carbocycles. The lowest BCUT2D eigenvalue weighted by molar-refractivity contribution is -0.152. The highest BCUT2D eigenvalue weighted by Gasteiger charge is 2.45. The minimum atomic E-state index is -0.523. The Labute approximate surface area is 193 Å². The van der Waals surface area contributed by atoms with E-state index in [-0.39, 0.29) is 29.9 Å². The van der Waals surface area contributed by atoms with Gasteiger partial charge in [-0.15, -0.1) is 0 Å². The molecule has 2 atom stereocenters. The van der Waals surface area contributed by atoms with Gasteiger partial charge < -0.3 is 19.3 Å². The summed E-state index contributed by atoms with van der Waals surface area (Å²) >= 11 is 3.50. The molecule has 0 spiro atoms. The zero-order valence-electron chi connectivity index (χ0n) is 18.5. The van der Waals surface area contributed by atoms with Gasteiger partial charge in [0.15, 0.2) is 0 Å². The zero-order valence-corrected chi connectivity index (χ0v) is 20.1. The Morgan fingerprint density at radius 3 is 2.13 bits per heavy atom. The molecule has 3 aliphatic heterocycles. The van der Waals surface area contributed by atoms with E-state index in [2.05, 4.69) is 28.1 Å². The molecule has 31 heavy (non-hydrogen) atoms. The molecule has 3 fully saturated rings. The Balaban J connectivity index is 1.43. The maximum absolute atomic E-state index is 13.8. The second-order valence-corrected chi connectivity index (χ2v) is 10.2. The number of nitrogens with zero attached hydrogens (tertiary/aromatic N) is 2. The molecule has 170 valence electrons. The molecule has 0 N–H and O–H groups in total. The third kappa shape index (κ3) is 4.83. The molecule has 1 aromatic carbocycles. The van der Waals surface area contributed by atoms with Gasteiger partial charge in [-0.3, -0.25) is 9.59 Å². The molecule has 6 nitrogen and oxygen atoms in total. The van der Waals surface area contributed by atoms with Gasteiger partial charge in [-0.25, -0.2) is 0 Å². The highest BCUT2D eigenvalue weighted by molar-refractivity contribution is 9.10. The van der Waals surface area contributed by atoms with Crippen LogP contribution in [-0.4, -0.2) is 73.2 Å². The van der Waals surface area contributed by atoms with Gasteiger partial charge in [0, 0.05) is 49.8 Å². The Morgan fingerprint density at radius 1 is 0.968 bits per heavy atom. The molecule has 0 saturated carbocycles. The van der Waals surface area contributed by atoms with E-state index in [1.807, 2.05) is 35.8 Å². The third-order valence-corrected chi connectivity index (χ3v) is 7.54. The zero-order chi connectivity index (χ0) is 22.0. The van der Waals surface area contributed by atoms with E-state index in [4.69, 9.17) is 9.47 Å². The Hall–Kier alpha value is -1.44. The number of carbonyl (C=O) groups is 2. The molecule has 3 saturated heterocycles. The van der Waals surface area contributed by atoms with Crippen LogP contribution in [0.1, 0.15) is 45.1 Å². The molecule has 3 aliphatic rings. The van der Waals surface area contributed by atoms with E-state index >= 15 is 0 Å². The first-order valence-corrected chi connectivity index (χ1v) is 12.3. The summed E-state index contributed by atoms with van der Waals surface area (Å²) in [5, 5.41) is 0. The molecule has 1 aromatic rings. The number of likely N-dealkylation sites (tertiary alicyclic amines) is 1. The normalized spacial score (nSPS) is 27.2. The quantitative estimate of drug-likeness (QED) is 0.648. The highest BCUT2D eigenvalue weighted by Crippen LogP contribution is 2.38. The number of carbonyl (C=O) groups excluding carboxylic acids is 2. The standard InChI is InChI=1S/C24H33BrN2O4/c1-17-15-27(16-18(2)31-17)22(28)19-7-11-26(12-8-19)23(29)24(9-13-30-14-10-24)20-3-5-21(25)6-4-20/h3-6,17-19H,7-16H2,1-2H3. The summed E-state index contributed by atoms with van der Waals surface area (Å²) in [6.45, 7) is 7.85. The fraction of sp³-hybridized carbons (Fsp3) is 0.667. The number of rotatable bonds is 3. The minimum Gasteiger partial charge on any atom is -0.381 e. The average Bonchev–Trinajstić information content (AvgIpc) is 2.78. The van der Waals surface area contributed by atoms with E-state index in [9.17, 15) is 9.59 Å². The molecule has 0 bridgehead atoms. The van der Waals surface area contributed by atoms with Crippen molar-refractivity contribution in [2.75, 3.05) is 39.4 Å². The lowest BCUT2D eigenvalue weighted by Crippen LogP contribution is -2.54. The van der Waals surface area contributed by atoms with Crippen LogP contribution < -0.4 is 0 Å². The van der Waals surface area contributed by atoms with Gasteiger partial charge in [0.2, 0.25) is 11.8 Å². The first-order valence-electron chi connectivity index (χ1n) is 11.5. The molecule has 7 heteroatoms. The van der Waals surface area contributed by atoms with Crippen molar-refractivity contribution in [2.45, 2.75) is 57.2 Å². The summed E-state index contributed by atoms with van der Waals surface area (Å²) in [5.74, 6) is 0.417. The molecule has 0 aromatic heterocycles. The largest absolute Gasteiger partial charge is 0.381 e. The van der Waals surface area contributed by atoms with Crippen LogP contribution >= 0.6 is 15.9 Å². The van der Waals surface area contributed by atoms with E-state index in [1.165, 1.54) is 0 Å². The molecular formula is C24H33BrN2O4. The maximum Gasteiger partial charge on any atom is 0.233 e. The number of halogens is 1. The highest BCUT2D eigenvalue weighted by atomic mass is 79.9. The summed E-state index contributed by atoms with van der Waals surface area (Å²) in [6, 6.07) is 8.14. The average molecular weight is 493 g/mol. The van der Waals surface area contributed by atoms with E-state index in [0.717, 1.165) is 22.9 Å². The number of hydrogen-bond donors (Lipinski definition) is 0. The van der Waals surface area contributed by atoms with Crippen molar-refractivity contribution in [2.24, 2.45) is 5.92 Å². The van der Waals surface area contributed by atoms with E-state index < -0.39 is 5.41 Å². The maximum atomic E-state index is 13.8. The van der Waals surface area contributed by atoms with Crippen molar-refractivity contribution in [1.82, 2.24) is 9.80 Å². The summed E-state index contributed by atoms with van der Waals surface area (Å²) < 4.78 is 12.4. The van der Waals surface area contributed by atoms with Crippen LogP contribution in [0.3, 0.4) is 0 Å². The van der Waals surface area contributed by atoms with Crippen molar-refractivity contribution >= 4 is 27.7 Å². The second kappa shape index (κ2) is 9.59. The van der Waals surface area contributed by atoms with Crippen molar-refractivity contribution in [3.05, 3.63) is 34.3 Å². The van der Waals surface area contributed by atoms with Gasteiger partial charge in [0.1, 0.15) is 0 Å². The molecule has 4 rings (SSSR count). The molecule has 0 radical (unpaired) electrons. The number of hydrogen-bond acceptors (Lipinski definition) is 4. The SMILES string of the molecule is CC1CN(C(=O)C2CCN(C(=O)C3(c4ccc(Br)cc4)CCOCC3)CC2)CC(C)O1. The molecule has 2 amide bonds. The van der Waals surface area contributed by atoms with Crippen LogP contribution in [0.5, 0.6) is 0 Å². The first-order chi connectivity index (χ1) is 14.9. The smallest absolute Gasteiger partial charge is 0.233 e. The Morgan fingerprint density at radius 2 is 1.55 bits per heavy atom. The predicted molar refractivity (Wildman–Crippen MR) is 122 cm³/mol. The van der Waals surface area contributed by atoms with Crippen molar-refractivity contribution < 1.29 is 19.1 Å². The van der Waals surface area contributed by atoms with Gasteiger partial charge in [-0.1, -0.05) is 28.1 Å². The van der Waals surface area contributed by atoms with Gasteiger partial charge in [0.05, 0.1) is 17.6 Å². The summed E-state index contributed by atoms with van der Waals surface area (Å²) in [7, 11) is 0. The Kier molecular flexibility index (Phi) is 7.04.